The Kier molecular flexibility index (Phi) is 6.82. The number of methoxy groups -OCH3 is 2. The summed E-state index contributed by atoms with van der Waals surface area (Å²) < 4.78 is 10.5. The highest BCUT2D eigenvalue weighted by Gasteiger charge is 2.25. The maximum absolute atomic E-state index is 12.8. The number of benzene rings is 2. The van der Waals surface area contributed by atoms with Crippen molar-refractivity contribution in [1.29, 1.82) is 0 Å². The molecule has 0 aromatic heterocycles. The molecule has 2 aromatic rings. The molecule has 0 spiro atoms. The molecule has 2 fully saturated rings. The lowest BCUT2D eigenvalue weighted by Crippen LogP contribution is -2.54. The molecule has 0 unspecified atom stereocenters. The van der Waals surface area contributed by atoms with Crippen LogP contribution in [0.2, 0.25) is 0 Å². The predicted octanol–water partition coefficient (Wildman–Crippen LogP) is 2.17. The van der Waals surface area contributed by atoms with Gasteiger partial charge in [-0.05, 0) is 48.5 Å². The zero-order valence-electron chi connectivity index (χ0n) is 18.5. The second-order valence-electron chi connectivity index (χ2n) is 8.03. The number of carbonyl (C=O) groups is 1. The Labute approximate surface area is 184 Å². The number of hydrogen-bond donors (Lipinski definition) is 0. The van der Waals surface area contributed by atoms with Crippen LogP contribution < -0.4 is 19.3 Å². The predicted molar refractivity (Wildman–Crippen MR) is 123 cm³/mol. The van der Waals surface area contributed by atoms with Crippen molar-refractivity contribution in [3.8, 4) is 11.5 Å². The van der Waals surface area contributed by atoms with Crippen molar-refractivity contribution < 1.29 is 14.3 Å². The Morgan fingerprint density at radius 3 is 1.52 bits per heavy atom. The third-order valence-corrected chi connectivity index (χ3v) is 6.24. The standard InChI is InChI=1S/C24H32N4O3/c1-30-22-7-3-20(4-8-22)26-13-11-25(12-14-26)19-24(29)28-17-15-27(16-18-28)21-5-9-23(31-2)10-6-21/h3-10H,11-19H2,1-2H3. The van der Waals surface area contributed by atoms with Crippen molar-refractivity contribution in [2.75, 3.05) is 82.9 Å². The van der Waals surface area contributed by atoms with E-state index in [2.05, 4.69) is 39.0 Å². The Hall–Kier alpha value is -2.93. The molecule has 0 N–H and O–H groups in total. The van der Waals surface area contributed by atoms with Crippen LogP contribution in [0.25, 0.3) is 0 Å². The van der Waals surface area contributed by atoms with Crippen LogP contribution in [0.1, 0.15) is 0 Å². The lowest BCUT2D eigenvalue weighted by molar-refractivity contribution is -0.132. The van der Waals surface area contributed by atoms with E-state index in [1.807, 2.05) is 29.2 Å². The number of carbonyl (C=O) groups excluding carboxylic acids is 1. The van der Waals surface area contributed by atoms with E-state index in [1.165, 1.54) is 11.4 Å². The second kappa shape index (κ2) is 9.92. The molecule has 0 atom stereocenters. The van der Waals surface area contributed by atoms with Crippen LogP contribution in [-0.2, 0) is 4.79 Å². The molecule has 2 aliphatic heterocycles. The highest BCUT2D eigenvalue weighted by molar-refractivity contribution is 5.78. The summed E-state index contributed by atoms with van der Waals surface area (Å²) in [6, 6.07) is 16.3. The fourth-order valence-corrected chi connectivity index (χ4v) is 4.26. The van der Waals surface area contributed by atoms with Crippen LogP contribution in [-0.4, -0.2) is 88.8 Å². The first kappa shape index (κ1) is 21.3. The molecule has 7 heteroatoms. The van der Waals surface area contributed by atoms with E-state index in [4.69, 9.17) is 9.47 Å². The van der Waals surface area contributed by atoms with Gasteiger partial charge in [-0.2, -0.15) is 0 Å². The molecule has 31 heavy (non-hydrogen) atoms. The molecule has 2 aromatic carbocycles. The molecule has 0 aliphatic carbocycles. The van der Waals surface area contributed by atoms with Crippen LogP contribution in [0.5, 0.6) is 11.5 Å². The fourth-order valence-electron chi connectivity index (χ4n) is 4.26. The van der Waals surface area contributed by atoms with Crippen molar-refractivity contribution >= 4 is 17.3 Å². The Bertz CT molecular complexity index is 840. The average molecular weight is 425 g/mol. The molecule has 0 radical (unpaired) electrons. The van der Waals surface area contributed by atoms with Gasteiger partial charge in [-0.15, -0.1) is 0 Å². The van der Waals surface area contributed by atoms with Crippen molar-refractivity contribution in [3.05, 3.63) is 48.5 Å². The van der Waals surface area contributed by atoms with Gasteiger partial charge in [-0.1, -0.05) is 0 Å². The van der Waals surface area contributed by atoms with Gasteiger partial charge in [0.25, 0.3) is 0 Å². The van der Waals surface area contributed by atoms with Crippen molar-refractivity contribution in [2.24, 2.45) is 0 Å². The number of rotatable bonds is 6. The van der Waals surface area contributed by atoms with E-state index in [0.717, 1.165) is 63.9 Å². The first-order valence-electron chi connectivity index (χ1n) is 10.9. The van der Waals surface area contributed by atoms with E-state index >= 15 is 0 Å². The summed E-state index contributed by atoms with van der Waals surface area (Å²) >= 11 is 0. The van der Waals surface area contributed by atoms with Gasteiger partial charge >= 0.3 is 0 Å². The van der Waals surface area contributed by atoms with Crippen LogP contribution in [0.3, 0.4) is 0 Å². The summed E-state index contributed by atoms with van der Waals surface area (Å²) in [5.41, 5.74) is 2.39. The molecule has 2 heterocycles. The molecule has 7 nitrogen and oxygen atoms in total. The summed E-state index contributed by atoms with van der Waals surface area (Å²) in [4.78, 5) is 21.8. The van der Waals surface area contributed by atoms with E-state index in [-0.39, 0.29) is 5.91 Å². The summed E-state index contributed by atoms with van der Waals surface area (Å²) in [6.45, 7) is 7.47. The summed E-state index contributed by atoms with van der Waals surface area (Å²) in [6.07, 6.45) is 0. The van der Waals surface area contributed by atoms with E-state index < -0.39 is 0 Å². The summed E-state index contributed by atoms with van der Waals surface area (Å²) in [5, 5.41) is 0. The number of nitrogens with zero attached hydrogens (tertiary/aromatic N) is 4. The molecular weight excluding hydrogens is 392 g/mol. The highest BCUT2D eigenvalue weighted by atomic mass is 16.5. The Balaban J connectivity index is 1.21. The largest absolute Gasteiger partial charge is 0.497 e. The van der Waals surface area contributed by atoms with Gasteiger partial charge in [-0.25, -0.2) is 0 Å². The Morgan fingerprint density at radius 1 is 0.677 bits per heavy atom. The van der Waals surface area contributed by atoms with E-state index in [1.54, 1.807) is 14.2 Å². The lowest BCUT2D eigenvalue weighted by atomic mass is 10.2. The number of hydrogen-bond acceptors (Lipinski definition) is 6. The number of anilines is 2. The first-order chi connectivity index (χ1) is 15.2. The molecule has 1 amide bonds. The minimum atomic E-state index is 0.243. The third-order valence-electron chi connectivity index (χ3n) is 6.24. The van der Waals surface area contributed by atoms with Gasteiger partial charge in [0.2, 0.25) is 5.91 Å². The molecule has 2 aliphatic rings. The third kappa shape index (κ3) is 5.22. The molecule has 2 saturated heterocycles. The van der Waals surface area contributed by atoms with Gasteiger partial charge in [-0.3, -0.25) is 9.69 Å². The van der Waals surface area contributed by atoms with Gasteiger partial charge in [0.05, 0.1) is 20.8 Å². The normalized spacial score (nSPS) is 17.5. The molecular formula is C24H32N4O3. The molecule has 0 bridgehead atoms. The van der Waals surface area contributed by atoms with E-state index in [9.17, 15) is 4.79 Å². The SMILES string of the molecule is COc1ccc(N2CCN(CC(=O)N3CCN(c4ccc(OC)cc4)CC3)CC2)cc1. The zero-order valence-corrected chi connectivity index (χ0v) is 18.5. The van der Waals surface area contributed by atoms with Crippen LogP contribution in [0.15, 0.2) is 48.5 Å². The lowest BCUT2D eigenvalue weighted by Gasteiger charge is -2.39. The molecule has 166 valence electrons. The minimum absolute atomic E-state index is 0.243. The molecule has 0 saturated carbocycles. The topological polar surface area (TPSA) is 48.5 Å². The number of piperazine rings is 2. The minimum Gasteiger partial charge on any atom is -0.497 e. The van der Waals surface area contributed by atoms with Gasteiger partial charge in [0.1, 0.15) is 11.5 Å². The van der Waals surface area contributed by atoms with Gasteiger partial charge in [0.15, 0.2) is 0 Å². The number of ether oxygens (including phenoxy) is 2. The highest BCUT2D eigenvalue weighted by Crippen LogP contribution is 2.22. The van der Waals surface area contributed by atoms with Crippen LogP contribution in [0.4, 0.5) is 11.4 Å². The first-order valence-corrected chi connectivity index (χ1v) is 10.9. The van der Waals surface area contributed by atoms with Crippen molar-refractivity contribution in [1.82, 2.24) is 9.80 Å². The Morgan fingerprint density at radius 2 is 1.10 bits per heavy atom. The fraction of sp³-hybridized carbons (Fsp3) is 0.458. The monoisotopic (exact) mass is 424 g/mol. The van der Waals surface area contributed by atoms with Crippen molar-refractivity contribution in [2.45, 2.75) is 0 Å². The second-order valence-corrected chi connectivity index (χ2v) is 8.03. The maximum Gasteiger partial charge on any atom is 0.236 e. The van der Waals surface area contributed by atoms with Crippen LogP contribution >= 0.6 is 0 Å². The summed E-state index contributed by atoms with van der Waals surface area (Å²) in [5.74, 6) is 1.98. The molecule has 4 rings (SSSR count). The quantitative estimate of drug-likeness (QED) is 0.709. The summed E-state index contributed by atoms with van der Waals surface area (Å²) in [7, 11) is 3.36. The maximum atomic E-state index is 12.8. The van der Waals surface area contributed by atoms with Crippen LogP contribution in [0, 0.1) is 0 Å². The van der Waals surface area contributed by atoms with Gasteiger partial charge in [0, 0.05) is 63.7 Å². The van der Waals surface area contributed by atoms with Gasteiger partial charge < -0.3 is 24.2 Å². The van der Waals surface area contributed by atoms with Crippen molar-refractivity contribution in [3.63, 3.8) is 0 Å². The average Bonchev–Trinajstić information content (AvgIpc) is 2.85. The zero-order chi connectivity index (χ0) is 21.6. The van der Waals surface area contributed by atoms with E-state index in [0.29, 0.717) is 6.54 Å². The number of amides is 1. The smallest absolute Gasteiger partial charge is 0.236 e.